The SMILES string of the molecule is O=C(CN1C(=O)C2C3C=CC(C3)C2C1=O)NCC(c1cccs1)N1CCCC1. The van der Waals surface area contributed by atoms with Gasteiger partial charge in [-0.05, 0) is 55.6 Å². The normalized spacial score (nSPS) is 32.4. The Labute approximate surface area is 168 Å². The van der Waals surface area contributed by atoms with Gasteiger partial charge in [0.15, 0.2) is 0 Å². The molecule has 5 rings (SSSR count). The largest absolute Gasteiger partial charge is 0.353 e. The third-order valence-corrected chi connectivity index (χ3v) is 7.78. The lowest BCUT2D eigenvalue weighted by atomic mass is 9.85. The molecule has 148 valence electrons. The highest BCUT2D eigenvalue weighted by molar-refractivity contribution is 7.10. The molecule has 5 unspecified atom stereocenters. The van der Waals surface area contributed by atoms with Crippen molar-refractivity contribution >= 4 is 29.1 Å². The van der Waals surface area contributed by atoms with Crippen LogP contribution in [0.1, 0.15) is 30.2 Å². The van der Waals surface area contributed by atoms with Gasteiger partial charge in [0.25, 0.3) is 0 Å². The first kappa shape index (κ1) is 18.1. The Hall–Kier alpha value is -1.99. The number of amides is 3. The maximum Gasteiger partial charge on any atom is 0.240 e. The molecule has 1 aromatic heterocycles. The number of hydrogen-bond donors (Lipinski definition) is 1. The number of thiophene rings is 1. The molecule has 1 N–H and O–H groups in total. The van der Waals surface area contributed by atoms with Crippen molar-refractivity contribution in [2.45, 2.75) is 25.3 Å². The molecule has 6 nitrogen and oxygen atoms in total. The van der Waals surface area contributed by atoms with Crippen molar-refractivity contribution in [1.29, 1.82) is 0 Å². The highest BCUT2D eigenvalue weighted by atomic mass is 32.1. The third-order valence-electron chi connectivity index (χ3n) is 6.81. The van der Waals surface area contributed by atoms with Crippen molar-refractivity contribution < 1.29 is 14.4 Å². The van der Waals surface area contributed by atoms with E-state index in [1.54, 1.807) is 11.3 Å². The molecule has 2 saturated heterocycles. The van der Waals surface area contributed by atoms with Crippen LogP contribution in [-0.2, 0) is 14.4 Å². The highest BCUT2D eigenvalue weighted by Gasteiger charge is 2.59. The maximum atomic E-state index is 12.7. The summed E-state index contributed by atoms with van der Waals surface area (Å²) in [5, 5.41) is 5.04. The summed E-state index contributed by atoms with van der Waals surface area (Å²) in [6.45, 7) is 2.44. The van der Waals surface area contributed by atoms with Crippen molar-refractivity contribution in [3.8, 4) is 0 Å². The van der Waals surface area contributed by atoms with Gasteiger partial charge in [-0.3, -0.25) is 24.2 Å². The topological polar surface area (TPSA) is 69.7 Å². The minimum Gasteiger partial charge on any atom is -0.353 e. The number of allylic oxidation sites excluding steroid dienone is 2. The molecule has 7 heteroatoms. The van der Waals surface area contributed by atoms with Crippen LogP contribution in [0.25, 0.3) is 0 Å². The Morgan fingerprint density at radius 1 is 1.14 bits per heavy atom. The van der Waals surface area contributed by atoms with Crippen LogP contribution < -0.4 is 5.32 Å². The zero-order valence-electron chi connectivity index (χ0n) is 15.8. The minimum absolute atomic E-state index is 0.152. The van der Waals surface area contributed by atoms with E-state index < -0.39 is 0 Å². The predicted octanol–water partition coefficient (Wildman–Crippen LogP) is 1.81. The summed E-state index contributed by atoms with van der Waals surface area (Å²) in [4.78, 5) is 42.9. The summed E-state index contributed by atoms with van der Waals surface area (Å²) in [5.41, 5.74) is 0. The van der Waals surface area contributed by atoms with Crippen molar-refractivity contribution in [3.05, 3.63) is 34.5 Å². The number of carbonyl (C=O) groups excluding carboxylic acids is 3. The Morgan fingerprint density at radius 2 is 1.82 bits per heavy atom. The molecule has 3 heterocycles. The molecule has 3 fully saturated rings. The lowest BCUT2D eigenvalue weighted by molar-refractivity contribution is -0.144. The van der Waals surface area contributed by atoms with Crippen LogP contribution in [0.4, 0.5) is 0 Å². The number of fused-ring (bicyclic) bond motifs is 5. The quantitative estimate of drug-likeness (QED) is 0.585. The van der Waals surface area contributed by atoms with Gasteiger partial charge in [-0.1, -0.05) is 18.2 Å². The first-order valence-corrected chi connectivity index (χ1v) is 11.1. The number of rotatable bonds is 6. The predicted molar refractivity (Wildman–Crippen MR) is 105 cm³/mol. The smallest absolute Gasteiger partial charge is 0.240 e. The average Bonchev–Trinajstić information content (AvgIpc) is 3.49. The summed E-state index contributed by atoms with van der Waals surface area (Å²) in [5.74, 6) is -0.677. The Kier molecular flexibility index (Phi) is 4.59. The fourth-order valence-corrected chi connectivity index (χ4v) is 6.33. The molecule has 2 aliphatic carbocycles. The summed E-state index contributed by atoms with van der Waals surface area (Å²) in [6.07, 6.45) is 7.42. The molecule has 4 aliphatic rings. The van der Waals surface area contributed by atoms with E-state index in [1.165, 1.54) is 22.6 Å². The lowest BCUT2D eigenvalue weighted by Gasteiger charge is -2.27. The van der Waals surface area contributed by atoms with Crippen LogP contribution in [-0.4, -0.2) is 53.7 Å². The Balaban J connectivity index is 1.22. The molecule has 1 aromatic rings. The van der Waals surface area contributed by atoms with Crippen LogP contribution in [0, 0.1) is 23.7 Å². The number of nitrogens with one attached hydrogen (secondary N) is 1. The van der Waals surface area contributed by atoms with Crippen molar-refractivity contribution in [3.63, 3.8) is 0 Å². The van der Waals surface area contributed by atoms with Crippen molar-refractivity contribution in [2.75, 3.05) is 26.2 Å². The molecule has 0 radical (unpaired) electrons. The zero-order chi connectivity index (χ0) is 19.3. The maximum absolute atomic E-state index is 12.7. The minimum atomic E-state index is -0.247. The monoisotopic (exact) mass is 399 g/mol. The van der Waals surface area contributed by atoms with Gasteiger partial charge >= 0.3 is 0 Å². The fourth-order valence-electron chi connectivity index (χ4n) is 5.47. The Morgan fingerprint density at radius 3 is 2.43 bits per heavy atom. The standard InChI is InChI=1S/C21H25N3O3S/c25-17(22-11-15(16-4-3-9-28-16)23-7-1-2-8-23)12-24-20(26)18-13-5-6-14(10-13)19(18)21(24)27/h3-6,9,13-15,18-19H,1-2,7-8,10-12H2,(H,22,25). The second kappa shape index (κ2) is 7.12. The van der Waals surface area contributed by atoms with E-state index in [0.29, 0.717) is 6.54 Å². The summed E-state index contributed by atoms with van der Waals surface area (Å²) >= 11 is 1.70. The van der Waals surface area contributed by atoms with Gasteiger partial charge in [-0.2, -0.15) is 0 Å². The molecular formula is C21H25N3O3S. The van der Waals surface area contributed by atoms with E-state index >= 15 is 0 Å². The summed E-state index contributed by atoms with van der Waals surface area (Å²) in [6, 6.07) is 4.31. The van der Waals surface area contributed by atoms with Crippen LogP contribution in [0.15, 0.2) is 29.7 Å². The van der Waals surface area contributed by atoms with Crippen LogP contribution in [0.5, 0.6) is 0 Å². The molecule has 2 bridgehead atoms. The van der Waals surface area contributed by atoms with E-state index in [1.807, 2.05) is 6.07 Å². The second-order valence-corrected chi connectivity index (χ2v) is 9.32. The van der Waals surface area contributed by atoms with Crippen LogP contribution in [0.2, 0.25) is 0 Å². The first-order valence-electron chi connectivity index (χ1n) is 10.2. The van der Waals surface area contributed by atoms with E-state index in [2.05, 4.69) is 33.8 Å². The molecule has 0 aromatic carbocycles. The molecule has 0 spiro atoms. The van der Waals surface area contributed by atoms with E-state index in [4.69, 9.17) is 0 Å². The number of imide groups is 1. The number of likely N-dealkylation sites (tertiary alicyclic amines) is 2. The van der Waals surface area contributed by atoms with E-state index in [9.17, 15) is 14.4 Å². The third kappa shape index (κ3) is 2.92. The molecule has 1 saturated carbocycles. The Bertz CT molecular complexity index is 785. The van der Waals surface area contributed by atoms with Crippen molar-refractivity contribution in [1.82, 2.24) is 15.1 Å². The van der Waals surface area contributed by atoms with Crippen LogP contribution in [0.3, 0.4) is 0 Å². The second-order valence-electron chi connectivity index (χ2n) is 8.34. The van der Waals surface area contributed by atoms with Crippen molar-refractivity contribution in [2.24, 2.45) is 23.7 Å². The average molecular weight is 400 g/mol. The van der Waals surface area contributed by atoms with Gasteiger partial charge in [0.1, 0.15) is 6.54 Å². The van der Waals surface area contributed by atoms with Gasteiger partial charge in [0.05, 0.1) is 17.9 Å². The van der Waals surface area contributed by atoms with Gasteiger partial charge in [-0.25, -0.2) is 0 Å². The zero-order valence-corrected chi connectivity index (χ0v) is 16.6. The van der Waals surface area contributed by atoms with Gasteiger partial charge in [0, 0.05) is 11.4 Å². The summed E-state index contributed by atoms with van der Waals surface area (Å²) in [7, 11) is 0. The summed E-state index contributed by atoms with van der Waals surface area (Å²) < 4.78 is 0. The highest BCUT2D eigenvalue weighted by Crippen LogP contribution is 2.52. The fraction of sp³-hybridized carbons (Fsp3) is 0.571. The van der Waals surface area contributed by atoms with Gasteiger partial charge in [-0.15, -0.1) is 11.3 Å². The molecule has 28 heavy (non-hydrogen) atoms. The lowest BCUT2D eigenvalue weighted by Crippen LogP contribution is -2.44. The molecule has 5 atom stereocenters. The van der Waals surface area contributed by atoms with E-state index in [-0.39, 0.29) is 54.0 Å². The van der Waals surface area contributed by atoms with Gasteiger partial charge < -0.3 is 5.32 Å². The molecular weight excluding hydrogens is 374 g/mol. The van der Waals surface area contributed by atoms with Gasteiger partial charge in [0.2, 0.25) is 17.7 Å². The number of carbonyl (C=O) groups is 3. The molecule has 2 aliphatic heterocycles. The van der Waals surface area contributed by atoms with Crippen LogP contribution >= 0.6 is 11.3 Å². The van der Waals surface area contributed by atoms with E-state index in [0.717, 1.165) is 19.5 Å². The number of nitrogens with zero attached hydrogens (tertiary/aromatic N) is 2. The molecule has 3 amide bonds. The first-order chi connectivity index (χ1) is 13.6. The number of hydrogen-bond acceptors (Lipinski definition) is 5.